The molecular weight excluding hydrogens is 256 g/mol. The quantitative estimate of drug-likeness (QED) is 0.823. The lowest BCUT2D eigenvalue weighted by Gasteiger charge is -2.26. The van der Waals surface area contributed by atoms with Crippen LogP contribution in [0.15, 0.2) is 12.1 Å². The smallest absolute Gasteiger partial charge is 0.183 e. The molecule has 0 bridgehead atoms. The van der Waals surface area contributed by atoms with Crippen LogP contribution < -0.4 is 11.1 Å². The lowest BCUT2D eigenvalue weighted by atomic mass is 10.2. The van der Waals surface area contributed by atoms with Crippen LogP contribution in [0.1, 0.15) is 0 Å². The first-order valence-corrected chi connectivity index (χ1v) is 7.11. The molecule has 3 nitrogen and oxygen atoms in total. The van der Waals surface area contributed by atoms with Crippen LogP contribution in [0.25, 0.3) is 0 Å². The van der Waals surface area contributed by atoms with Gasteiger partial charge in [0.1, 0.15) is 0 Å². The van der Waals surface area contributed by atoms with E-state index in [9.17, 15) is 8.78 Å². The fraction of sp³-hybridized carbons (Fsp3) is 0.500. The van der Waals surface area contributed by atoms with Crippen molar-refractivity contribution in [1.82, 2.24) is 4.90 Å². The molecule has 1 aliphatic heterocycles. The highest BCUT2D eigenvalue weighted by atomic mass is 32.2. The Balaban J connectivity index is 1.88. The van der Waals surface area contributed by atoms with Crippen LogP contribution in [-0.2, 0) is 0 Å². The Bertz CT molecular complexity index is 409. The van der Waals surface area contributed by atoms with Gasteiger partial charge in [0, 0.05) is 37.7 Å². The Morgan fingerprint density at radius 1 is 1.28 bits per heavy atom. The number of benzene rings is 1. The SMILES string of the molecule is Nc1ccc(F)c(F)c1NCCN1CCSCC1. The summed E-state index contributed by atoms with van der Waals surface area (Å²) in [5.74, 6) is 0.498. The summed E-state index contributed by atoms with van der Waals surface area (Å²) in [5.41, 5.74) is 5.93. The molecule has 0 atom stereocenters. The minimum Gasteiger partial charge on any atom is -0.397 e. The fourth-order valence-electron chi connectivity index (χ4n) is 1.91. The van der Waals surface area contributed by atoms with Crippen LogP contribution in [0.4, 0.5) is 20.2 Å². The molecule has 2 rings (SSSR count). The third-order valence-corrected chi connectivity index (χ3v) is 3.90. The van der Waals surface area contributed by atoms with Crippen molar-refractivity contribution < 1.29 is 8.78 Å². The number of hydrogen-bond acceptors (Lipinski definition) is 4. The van der Waals surface area contributed by atoms with Crippen molar-refractivity contribution in [2.45, 2.75) is 0 Å². The van der Waals surface area contributed by atoms with Crippen LogP contribution in [0.5, 0.6) is 0 Å². The van der Waals surface area contributed by atoms with Crippen molar-refractivity contribution in [2.75, 3.05) is 48.7 Å². The molecule has 0 radical (unpaired) electrons. The fourth-order valence-corrected chi connectivity index (χ4v) is 2.89. The van der Waals surface area contributed by atoms with E-state index in [1.165, 1.54) is 6.07 Å². The van der Waals surface area contributed by atoms with Gasteiger partial charge in [0.15, 0.2) is 11.6 Å². The number of hydrogen-bond donors (Lipinski definition) is 2. The minimum atomic E-state index is -0.899. The molecule has 100 valence electrons. The molecule has 18 heavy (non-hydrogen) atoms. The lowest BCUT2D eigenvalue weighted by molar-refractivity contribution is 0.314. The highest BCUT2D eigenvalue weighted by Crippen LogP contribution is 2.24. The van der Waals surface area contributed by atoms with E-state index in [-0.39, 0.29) is 11.4 Å². The maximum absolute atomic E-state index is 13.5. The summed E-state index contributed by atoms with van der Waals surface area (Å²) in [6, 6.07) is 2.41. The van der Waals surface area contributed by atoms with Crippen molar-refractivity contribution in [2.24, 2.45) is 0 Å². The summed E-state index contributed by atoms with van der Waals surface area (Å²) >= 11 is 1.94. The number of nitrogens with zero attached hydrogens (tertiary/aromatic N) is 1. The summed E-state index contributed by atoms with van der Waals surface area (Å²) < 4.78 is 26.6. The zero-order valence-electron chi connectivity index (χ0n) is 10.1. The summed E-state index contributed by atoms with van der Waals surface area (Å²) in [5, 5.41) is 2.88. The zero-order chi connectivity index (χ0) is 13.0. The molecule has 1 aromatic carbocycles. The topological polar surface area (TPSA) is 41.3 Å². The normalized spacial score (nSPS) is 16.8. The molecule has 0 saturated carbocycles. The predicted molar refractivity (Wildman–Crippen MR) is 73.0 cm³/mol. The number of nitrogens with one attached hydrogen (secondary N) is 1. The third kappa shape index (κ3) is 3.26. The average Bonchev–Trinajstić information content (AvgIpc) is 2.39. The summed E-state index contributed by atoms with van der Waals surface area (Å²) in [6.07, 6.45) is 0. The monoisotopic (exact) mass is 273 g/mol. The Labute approximate surface area is 110 Å². The van der Waals surface area contributed by atoms with E-state index in [4.69, 9.17) is 5.73 Å². The van der Waals surface area contributed by atoms with Crippen molar-refractivity contribution in [3.05, 3.63) is 23.8 Å². The van der Waals surface area contributed by atoms with E-state index in [1.54, 1.807) is 0 Å². The number of thioether (sulfide) groups is 1. The van der Waals surface area contributed by atoms with Crippen molar-refractivity contribution in [3.8, 4) is 0 Å². The highest BCUT2D eigenvalue weighted by Gasteiger charge is 2.13. The lowest BCUT2D eigenvalue weighted by Crippen LogP contribution is -2.36. The first-order valence-electron chi connectivity index (χ1n) is 5.96. The minimum absolute atomic E-state index is 0.0707. The molecule has 0 unspecified atom stereocenters. The first-order chi connectivity index (χ1) is 8.68. The highest BCUT2D eigenvalue weighted by molar-refractivity contribution is 7.99. The Morgan fingerprint density at radius 3 is 2.72 bits per heavy atom. The van der Waals surface area contributed by atoms with Crippen molar-refractivity contribution in [1.29, 1.82) is 0 Å². The number of nitrogen functional groups attached to an aromatic ring is 1. The van der Waals surface area contributed by atoms with Gasteiger partial charge in [-0.3, -0.25) is 4.90 Å². The molecule has 1 aromatic rings. The maximum Gasteiger partial charge on any atom is 0.183 e. The van der Waals surface area contributed by atoms with E-state index >= 15 is 0 Å². The van der Waals surface area contributed by atoms with Crippen molar-refractivity contribution in [3.63, 3.8) is 0 Å². The molecule has 0 amide bonds. The first kappa shape index (κ1) is 13.4. The van der Waals surface area contributed by atoms with Crippen LogP contribution in [-0.4, -0.2) is 42.6 Å². The van der Waals surface area contributed by atoms with Gasteiger partial charge in [-0.2, -0.15) is 11.8 Å². The molecule has 1 fully saturated rings. The Hall–Kier alpha value is -1.01. The number of rotatable bonds is 4. The second-order valence-corrected chi connectivity index (χ2v) is 5.43. The molecule has 1 aliphatic rings. The molecule has 0 spiro atoms. The van der Waals surface area contributed by atoms with Crippen molar-refractivity contribution >= 4 is 23.1 Å². The van der Waals surface area contributed by atoms with Gasteiger partial charge in [-0.15, -0.1) is 0 Å². The molecule has 3 N–H and O–H groups in total. The van der Waals surface area contributed by atoms with Gasteiger partial charge >= 0.3 is 0 Å². The van der Waals surface area contributed by atoms with Gasteiger partial charge in [0.2, 0.25) is 0 Å². The summed E-state index contributed by atoms with van der Waals surface area (Å²) in [4.78, 5) is 2.30. The van der Waals surface area contributed by atoms with E-state index in [2.05, 4.69) is 10.2 Å². The van der Waals surface area contributed by atoms with Gasteiger partial charge in [0.05, 0.1) is 11.4 Å². The second-order valence-electron chi connectivity index (χ2n) is 4.21. The molecule has 6 heteroatoms. The standard InChI is InChI=1S/C12H17F2N3S/c13-9-1-2-10(15)12(11(9)14)16-3-4-17-5-7-18-8-6-17/h1-2,16H,3-8,15H2. The average molecular weight is 273 g/mol. The molecule has 1 saturated heterocycles. The van der Waals surface area contributed by atoms with Crippen LogP contribution in [0.2, 0.25) is 0 Å². The largest absolute Gasteiger partial charge is 0.397 e. The second kappa shape index (κ2) is 6.24. The molecule has 1 heterocycles. The van der Waals surface area contributed by atoms with E-state index in [1.807, 2.05) is 11.8 Å². The Kier molecular flexibility index (Phi) is 4.66. The van der Waals surface area contributed by atoms with Crippen LogP contribution in [0, 0.1) is 11.6 Å². The van der Waals surface area contributed by atoms with Gasteiger partial charge < -0.3 is 11.1 Å². The number of anilines is 2. The predicted octanol–water partition coefficient (Wildman–Crippen LogP) is 2.01. The van der Waals surface area contributed by atoms with Gasteiger partial charge in [0.25, 0.3) is 0 Å². The number of halogens is 2. The molecule has 0 aromatic heterocycles. The van der Waals surface area contributed by atoms with Gasteiger partial charge in [-0.05, 0) is 12.1 Å². The van der Waals surface area contributed by atoms with Gasteiger partial charge in [-0.1, -0.05) is 0 Å². The third-order valence-electron chi connectivity index (χ3n) is 2.96. The number of nitrogens with two attached hydrogens (primary N) is 1. The van der Waals surface area contributed by atoms with Gasteiger partial charge in [-0.25, -0.2) is 8.78 Å². The molecule has 0 aliphatic carbocycles. The summed E-state index contributed by atoms with van der Waals surface area (Å²) in [7, 11) is 0. The van der Waals surface area contributed by atoms with E-state index < -0.39 is 11.6 Å². The van der Waals surface area contributed by atoms with Crippen LogP contribution in [0.3, 0.4) is 0 Å². The molecular formula is C12H17F2N3S. The van der Waals surface area contributed by atoms with E-state index in [0.717, 1.165) is 37.2 Å². The van der Waals surface area contributed by atoms with Crippen LogP contribution >= 0.6 is 11.8 Å². The summed E-state index contributed by atoms with van der Waals surface area (Å²) in [6.45, 7) is 3.48. The Morgan fingerprint density at radius 2 is 2.00 bits per heavy atom. The van der Waals surface area contributed by atoms with E-state index in [0.29, 0.717) is 6.54 Å². The zero-order valence-corrected chi connectivity index (χ0v) is 10.9. The maximum atomic E-state index is 13.5.